The predicted octanol–water partition coefficient (Wildman–Crippen LogP) is 0.845. The highest BCUT2D eigenvalue weighted by Crippen LogP contribution is 2.15. The summed E-state index contributed by atoms with van der Waals surface area (Å²) in [5, 5.41) is 0. The first-order valence-corrected chi connectivity index (χ1v) is 5.38. The van der Waals surface area contributed by atoms with Crippen LogP contribution in [0.3, 0.4) is 0 Å². The second-order valence-electron chi connectivity index (χ2n) is 3.89. The Bertz CT molecular complexity index is 548. The van der Waals surface area contributed by atoms with Gasteiger partial charge in [-0.15, -0.1) is 0 Å². The minimum Gasteiger partial charge on any atom is -0.468 e. The van der Waals surface area contributed by atoms with Crippen molar-refractivity contribution >= 4 is 17.0 Å². The van der Waals surface area contributed by atoms with E-state index in [4.69, 9.17) is 5.73 Å². The van der Waals surface area contributed by atoms with Gasteiger partial charge in [0.1, 0.15) is 11.9 Å². The minimum atomic E-state index is -0.670. The van der Waals surface area contributed by atoms with Gasteiger partial charge in [0.2, 0.25) is 0 Å². The van der Waals surface area contributed by atoms with Gasteiger partial charge in [-0.1, -0.05) is 12.1 Å². The number of nitrogens with zero attached hydrogens (tertiary/aromatic N) is 2. The third-order valence-electron chi connectivity index (χ3n) is 2.73. The fraction of sp³-hybridized carbons (Fsp3) is 0.333. The topological polar surface area (TPSA) is 70.1 Å². The van der Waals surface area contributed by atoms with Crippen molar-refractivity contribution in [3.63, 3.8) is 0 Å². The van der Waals surface area contributed by atoms with E-state index in [1.807, 2.05) is 35.8 Å². The number of nitrogens with two attached hydrogens (primary N) is 1. The van der Waals surface area contributed by atoms with E-state index in [1.165, 1.54) is 7.11 Å². The molecule has 0 saturated carbocycles. The number of hydrogen-bond acceptors (Lipinski definition) is 4. The number of rotatable bonds is 3. The zero-order valence-corrected chi connectivity index (χ0v) is 9.88. The largest absolute Gasteiger partial charge is 0.468 e. The van der Waals surface area contributed by atoms with Crippen LogP contribution >= 0.6 is 0 Å². The molecule has 5 nitrogen and oxygen atoms in total. The van der Waals surface area contributed by atoms with Gasteiger partial charge in [0, 0.05) is 0 Å². The summed E-state index contributed by atoms with van der Waals surface area (Å²) in [4.78, 5) is 15.7. The van der Waals surface area contributed by atoms with E-state index in [0.717, 1.165) is 16.9 Å². The van der Waals surface area contributed by atoms with Crippen molar-refractivity contribution in [2.45, 2.75) is 19.5 Å². The number of carbonyl (C=O) groups is 1. The first-order valence-electron chi connectivity index (χ1n) is 5.38. The van der Waals surface area contributed by atoms with Crippen molar-refractivity contribution in [1.29, 1.82) is 0 Å². The highest BCUT2D eigenvalue weighted by molar-refractivity contribution is 5.78. The van der Waals surface area contributed by atoms with Crippen molar-refractivity contribution in [3.05, 3.63) is 30.1 Å². The van der Waals surface area contributed by atoms with Crippen LogP contribution < -0.4 is 5.73 Å². The monoisotopic (exact) mass is 233 g/mol. The van der Waals surface area contributed by atoms with Crippen LogP contribution in [0.5, 0.6) is 0 Å². The zero-order valence-electron chi connectivity index (χ0n) is 9.88. The highest BCUT2D eigenvalue weighted by Gasteiger charge is 2.17. The van der Waals surface area contributed by atoms with Crippen molar-refractivity contribution in [2.24, 2.45) is 5.73 Å². The maximum Gasteiger partial charge on any atom is 0.324 e. The van der Waals surface area contributed by atoms with E-state index >= 15 is 0 Å². The number of aromatic nitrogens is 2. The Morgan fingerprint density at radius 3 is 2.94 bits per heavy atom. The van der Waals surface area contributed by atoms with Crippen LogP contribution in [-0.2, 0) is 16.1 Å². The fourth-order valence-electron chi connectivity index (χ4n) is 1.85. The third-order valence-corrected chi connectivity index (χ3v) is 2.73. The van der Waals surface area contributed by atoms with E-state index in [1.54, 1.807) is 0 Å². The molecule has 90 valence electrons. The molecule has 1 heterocycles. The Hall–Kier alpha value is -1.88. The molecular weight excluding hydrogens is 218 g/mol. The zero-order chi connectivity index (χ0) is 12.4. The highest BCUT2D eigenvalue weighted by atomic mass is 16.5. The molecule has 0 aliphatic carbocycles. The molecule has 0 fully saturated rings. The average Bonchev–Trinajstić information content (AvgIpc) is 2.65. The van der Waals surface area contributed by atoms with E-state index in [9.17, 15) is 4.79 Å². The summed E-state index contributed by atoms with van der Waals surface area (Å²) >= 11 is 0. The maximum absolute atomic E-state index is 11.3. The molecule has 1 atom stereocenters. The molecule has 1 unspecified atom stereocenters. The molecule has 0 saturated heterocycles. The number of fused-ring (bicyclic) bond motifs is 1. The van der Waals surface area contributed by atoms with Crippen LogP contribution in [0.4, 0.5) is 0 Å². The quantitative estimate of drug-likeness (QED) is 0.798. The number of hydrogen-bond donors (Lipinski definition) is 1. The van der Waals surface area contributed by atoms with Crippen LogP contribution in [0, 0.1) is 6.92 Å². The Morgan fingerprint density at radius 1 is 1.53 bits per heavy atom. The lowest BCUT2D eigenvalue weighted by Gasteiger charge is -2.12. The molecule has 0 amide bonds. The van der Waals surface area contributed by atoms with Crippen LogP contribution in [0.1, 0.15) is 5.82 Å². The maximum atomic E-state index is 11.3. The van der Waals surface area contributed by atoms with Crippen molar-refractivity contribution < 1.29 is 9.53 Å². The molecule has 2 aromatic rings. The number of methoxy groups -OCH3 is 1. The van der Waals surface area contributed by atoms with Crippen molar-refractivity contribution in [1.82, 2.24) is 9.55 Å². The Balaban J connectivity index is 2.35. The number of benzene rings is 1. The van der Waals surface area contributed by atoms with E-state index in [2.05, 4.69) is 9.72 Å². The van der Waals surface area contributed by atoms with Crippen LogP contribution in [0.15, 0.2) is 24.3 Å². The van der Waals surface area contributed by atoms with E-state index < -0.39 is 12.0 Å². The second kappa shape index (κ2) is 4.55. The van der Waals surface area contributed by atoms with Gasteiger partial charge in [0.25, 0.3) is 0 Å². The standard InChI is InChI=1S/C12H15N3O2/c1-8-14-10-5-3-4-6-11(10)15(8)7-9(13)12(16)17-2/h3-6,9H,7,13H2,1-2H3. The number of carbonyl (C=O) groups excluding carboxylic acids is 1. The Kier molecular flexibility index (Phi) is 3.10. The minimum absolute atomic E-state index is 0.374. The van der Waals surface area contributed by atoms with Crippen LogP contribution in [0.25, 0.3) is 11.0 Å². The molecule has 1 aromatic carbocycles. The number of esters is 1. The summed E-state index contributed by atoms with van der Waals surface area (Å²) in [6.45, 7) is 2.27. The summed E-state index contributed by atoms with van der Waals surface area (Å²) in [6.07, 6.45) is 0. The number of para-hydroxylation sites is 2. The average molecular weight is 233 g/mol. The van der Waals surface area contributed by atoms with Gasteiger partial charge in [0.05, 0.1) is 24.7 Å². The molecule has 0 aliphatic rings. The van der Waals surface area contributed by atoms with Crippen molar-refractivity contribution in [3.8, 4) is 0 Å². The molecule has 17 heavy (non-hydrogen) atoms. The lowest BCUT2D eigenvalue weighted by molar-refractivity contribution is -0.142. The summed E-state index contributed by atoms with van der Waals surface area (Å²) in [5.74, 6) is 0.424. The third kappa shape index (κ3) is 2.14. The SMILES string of the molecule is COC(=O)C(N)Cn1c(C)nc2ccccc21. The molecule has 0 spiro atoms. The Morgan fingerprint density at radius 2 is 2.24 bits per heavy atom. The number of imidazole rings is 1. The van der Waals surface area contributed by atoms with Gasteiger partial charge >= 0.3 is 5.97 Å². The fourth-order valence-corrected chi connectivity index (χ4v) is 1.85. The van der Waals surface area contributed by atoms with Crippen molar-refractivity contribution in [2.75, 3.05) is 7.11 Å². The van der Waals surface area contributed by atoms with Gasteiger partial charge in [0.15, 0.2) is 0 Å². The van der Waals surface area contributed by atoms with E-state index in [-0.39, 0.29) is 0 Å². The smallest absolute Gasteiger partial charge is 0.324 e. The van der Waals surface area contributed by atoms with Gasteiger partial charge in [-0.2, -0.15) is 0 Å². The first-order chi connectivity index (χ1) is 8.13. The van der Waals surface area contributed by atoms with E-state index in [0.29, 0.717) is 6.54 Å². The lowest BCUT2D eigenvalue weighted by Crippen LogP contribution is -2.36. The van der Waals surface area contributed by atoms with Gasteiger partial charge in [-0.05, 0) is 19.1 Å². The Labute approximate surface area is 99.2 Å². The normalized spacial score (nSPS) is 12.6. The first kappa shape index (κ1) is 11.6. The molecular formula is C12H15N3O2. The molecule has 5 heteroatoms. The summed E-state index contributed by atoms with van der Waals surface area (Å²) in [5.41, 5.74) is 7.64. The van der Waals surface area contributed by atoms with Gasteiger partial charge in [-0.3, -0.25) is 4.79 Å². The molecule has 2 N–H and O–H groups in total. The molecule has 2 rings (SSSR count). The van der Waals surface area contributed by atoms with Crippen LogP contribution in [-0.4, -0.2) is 28.7 Å². The molecule has 0 radical (unpaired) electrons. The molecule has 0 bridgehead atoms. The summed E-state index contributed by atoms with van der Waals surface area (Å²) in [6, 6.07) is 7.08. The summed E-state index contributed by atoms with van der Waals surface area (Å²) < 4.78 is 6.54. The van der Waals surface area contributed by atoms with Gasteiger partial charge in [-0.25, -0.2) is 4.98 Å². The lowest BCUT2D eigenvalue weighted by atomic mass is 10.3. The summed E-state index contributed by atoms with van der Waals surface area (Å²) in [7, 11) is 1.33. The molecule has 1 aromatic heterocycles. The second-order valence-corrected chi connectivity index (χ2v) is 3.89. The number of aryl methyl sites for hydroxylation is 1. The molecule has 0 aliphatic heterocycles. The van der Waals surface area contributed by atoms with Crippen LogP contribution in [0.2, 0.25) is 0 Å². The number of ether oxygens (including phenoxy) is 1. The van der Waals surface area contributed by atoms with Gasteiger partial charge < -0.3 is 15.0 Å². The predicted molar refractivity (Wildman–Crippen MR) is 64.5 cm³/mol.